The third kappa shape index (κ3) is 2.10. The molecule has 3 N–H and O–H groups in total. The van der Waals surface area contributed by atoms with E-state index in [0.717, 1.165) is 5.56 Å². The van der Waals surface area contributed by atoms with Crippen molar-refractivity contribution < 1.29 is 14.6 Å². The van der Waals surface area contributed by atoms with Gasteiger partial charge in [-0.15, -0.1) is 0 Å². The molecular weight excluding hydrogens is 274 g/mol. The molecule has 0 amide bonds. The quantitative estimate of drug-likeness (QED) is 0.875. The summed E-state index contributed by atoms with van der Waals surface area (Å²) >= 11 is 3.29. The fourth-order valence-corrected chi connectivity index (χ4v) is 2.23. The number of aromatic hydroxyl groups is 1. The van der Waals surface area contributed by atoms with Crippen LogP contribution in [0.3, 0.4) is 0 Å². The molecule has 2 rings (SSSR count). The minimum absolute atomic E-state index is 0.169. The van der Waals surface area contributed by atoms with Crippen molar-refractivity contribution in [2.24, 2.45) is 5.73 Å². The minimum Gasteiger partial charge on any atom is -0.506 e. The lowest BCUT2D eigenvalue weighted by molar-refractivity contribution is 0.173. The first-order chi connectivity index (χ1) is 7.38. The Balaban J connectivity index is 2.44. The van der Waals surface area contributed by atoms with Gasteiger partial charge < -0.3 is 20.3 Å². The highest BCUT2D eigenvalue weighted by Crippen LogP contribution is 2.46. The van der Waals surface area contributed by atoms with Gasteiger partial charge in [0.2, 0.25) is 6.79 Å². The van der Waals surface area contributed by atoms with E-state index < -0.39 is 0 Å². The second-order valence-electron chi connectivity index (χ2n) is 4.60. The summed E-state index contributed by atoms with van der Waals surface area (Å²) in [5, 5.41) is 9.99. The van der Waals surface area contributed by atoms with Gasteiger partial charge in [-0.1, -0.05) is 0 Å². The Morgan fingerprint density at radius 1 is 1.50 bits per heavy atom. The van der Waals surface area contributed by atoms with Crippen LogP contribution in [-0.2, 0) is 6.42 Å². The monoisotopic (exact) mass is 287 g/mol. The number of phenolic OH excluding ortho intramolecular Hbond substituents is 1. The first-order valence-electron chi connectivity index (χ1n) is 4.97. The van der Waals surface area contributed by atoms with E-state index in [1.165, 1.54) is 0 Å². The van der Waals surface area contributed by atoms with Crippen LogP contribution in [0.15, 0.2) is 10.5 Å². The summed E-state index contributed by atoms with van der Waals surface area (Å²) in [6.07, 6.45) is 0.564. The Bertz CT molecular complexity index is 426. The van der Waals surface area contributed by atoms with Crippen LogP contribution in [0.4, 0.5) is 0 Å². The molecule has 5 heteroatoms. The number of hydrogen-bond donors (Lipinski definition) is 2. The van der Waals surface area contributed by atoms with E-state index in [4.69, 9.17) is 15.2 Å². The van der Waals surface area contributed by atoms with Crippen LogP contribution in [-0.4, -0.2) is 17.4 Å². The van der Waals surface area contributed by atoms with Crippen molar-refractivity contribution >= 4 is 15.9 Å². The maximum atomic E-state index is 9.99. The summed E-state index contributed by atoms with van der Waals surface area (Å²) in [6.45, 7) is 4.00. The summed E-state index contributed by atoms with van der Waals surface area (Å²) in [7, 11) is 0. The van der Waals surface area contributed by atoms with Crippen LogP contribution in [0.5, 0.6) is 17.2 Å². The summed E-state index contributed by atoms with van der Waals surface area (Å²) in [5.41, 5.74) is 6.30. The SMILES string of the molecule is CC(C)(N)Cc1cc2c(c(Br)c1O)OCO2. The molecule has 0 unspecified atom stereocenters. The van der Waals surface area contributed by atoms with Crippen molar-refractivity contribution in [3.63, 3.8) is 0 Å². The molecule has 0 spiro atoms. The van der Waals surface area contributed by atoms with Crippen molar-refractivity contribution in [3.05, 3.63) is 16.1 Å². The van der Waals surface area contributed by atoms with Gasteiger partial charge in [-0.25, -0.2) is 0 Å². The lowest BCUT2D eigenvalue weighted by atomic mass is 9.95. The Morgan fingerprint density at radius 3 is 2.81 bits per heavy atom. The van der Waals surface area contributed by atoms with Gasteiger partial charge in [0.15, 0.2) is 11.5 Å². The van der Waals surface area contributed by atoms with Crippen molar-refractivity contribution in [3.8, 4) is 17.2 Å². The second kappa shape index (κ2) is 3.82. The molecule has 0 bridgehead atoms. The summed E-state index contributed by atoms with van der Waals surface area (Å²) in [5.74, 6) is 1.36. The highest BCUT2D eigenvalue weighted by molar-refractivity contribution is 9.10. The predicted molar refractivity (Wildman–Crippen MR) is 63.9 cm³/mol. The standard InChI is InChI=1S/C11H14BrNO3/c1-11(2,13)4-6-3-7-10(16-5-15-7)8(12)9(6)14/h3,14H,4-5,13H2,1-2H3. The maximum Gasteiger partial charge on any atom is 0.231 e. The van der Waals surface area contributed by atoms with E-state index >= 15 is 0 Å². The van der Waals surface area contributed by atoms with Gasteiger partial charge in [0.1, 0.15) is 10.2 Å². The lowest BCUT2D eigenvalue weighted by Gasteiger charge is -2.19. The molecule has 1 aromatic carbocycles. The highest BCUT2D eigenvalue weighted by Gasteiger charge is 2.24. The van der Waals surface area contributed by atoms with Gasteiger partial charge in [-0.2, -0.15) is 0 Å². The van der Waals surface area contributed by atoms with Crippen molar-refractivity contribution in [1.29, 1.82) is 0 Å². The Labute approximate surface area is 102 Å². The molecule has 0 aliphatic carbocycles. The second-order valence-corrected chi connectivity index (χ2v) is 5.39. The number of hydrogen-bond acceptors (Lipinski definition) is 4. The molecule has 0 radical (unpaired) electrons. The zero-order valence-corrected chi connectivity index (χ0v) is 10.8. The topological polar surface area (TPSA) is 64.7 Å². The van der Waals surface area contributed by atoms with Gasteiger partial charge in [-0.3, -0.25) is 0 Å². The molecule has 1 aliphatic heterocycles. The van der Waals surface area contributed by atoms with Crippen LogP contribution in [0.25, 0.3) is 0 Å². The molecule has 16 heavy (non-hydrogen) atoms. The van der Waals surface area contributed by atoms with Crippen LogP contribution in [0.1, 0.15) is 19.4 Å². The summed E-state index contributed by atoms with van der Waals surface area (Å²) in [6, 6.07) is 1.77. The molecule has 1 heterocycles. The molecule has 0 aromatic heterocycles. The molecular formula is C11H14BrNO3. The third-order valence-corrected chi connectivity index (χ3v) is 3.04. The largest absolute Gasteiger partial charge is 0.506 e. The molecule has 0 fully saturated rings. The van der Waals surface area contributed by atoms with E-state index in [-0.39, 0.29) is 18.1 Å². The van der Waals surface area contributed by atoms with Crippen LogP contribution >= 0.6 is 15.9 Å². The molecule has 4 nitrogen and oxygen atoms in total. The molecule has 1 aromatic rings. The maximum absolute atomic E-state index is 9.99. The van der Waals surface area contributed by atoms with E-state index in [2.05, 4.69) is 15.9 Å². The van der Waals surface area contributed by atoms with E-state index in [0.29, 0.717) is 22.4 Å². The molecule has 88 valence electrons. The number of fused-ring (bicyclic) bond motifs is 1. The van der Waals surface area contributed by atoms with E-state index in [9.17, 15) is 5.11 Å². The summed E-state index contributed by atoms with van der Waals surface area (Å²) in [4.78, 5) is 0. The molecule has 1 aliphatic rings. The molecule has 0 saturated heterocycles. The fraction of sp³-hybridized carbons (Fsp3) is 0.455. The minimum atomic E-state index is -0.384. The van der Waals surface area contributed by atoms with Gasteiger partial charge in [0.25, 0.3) is 0 Å². The smallest absolute Gasteiger partial charge is 0.231 e. The van der Waals surface area contributed by atoms with E-state index in [1.807, 2.05) is 13.8 Å². The number of ether oxygens (including phenoxy) is 2. The van der Waals surface area contributed by atoms with E-state index in [1.54, 1.807) is 6.07 Å². The molecule has 0 atom stereocenters. The lowest BCUT2D eigenvalue weighted by Crippen LogP contribution is -2.34. The van der Waals surface area contributed by atoms with Gasteiger partial charge in [0.05, 0.1) is 0 Å². The van der Waals surface area contributed by atoms with Crippen molar-refractivity contribution in [1.82, 2.24) is 0 Å². The number of benzene rings is 1. The van der Waals surface area contributed by atoms with Crippen LogP contribution in [0, 0.1) is 0 Å². The zero-order valence-electron chi connectivity index (χ0n) is 9.21. The zero-order chi connectivity index (χ0) is 11.9. The van der Waals surface area contributed by atoms with Gasteiger partial charge in [-0.05, 0) is 42.3 Å². The first kappa shape index (κ1) is 11.5. The fourth-order valence-electron chi connectivity index (χ4n) is 1.67. The number of rotatable bonds is 2. The van der Waals surface area contributed by atoms with Gasteiger partial charge >= 0.3 is 0 Å². The average molecular weight is 288 g/mol. The third-order valence-electron chi connectivity index (χ3n) is 2.30. The van der Waals surface area contributed by atoms with Crippen LogP contribution in [0.2, 0.25) is 0 Å². The van der Waals surface area contributed by atoms with Gasteiger partial charge in [0, 0.05) is 11.1 Å². The highest BCUT2D eigenvalue weighted by atomic mass is 79.9. The number of halogens is 1. The average Bonchev–Trinajstić information content (AvgIpc) is 2.59. The summed E-state index contributed by atoms with van der Waals surface area (Å²) < 4.78 is 11.0. The molecule has 0 saturated carbocycles. The van der Waals surface area contributed by atoms with Crippen molar-refractivity contribution in [2.45, 2.75) is 25.8 Å². The predicted octanol–water partition coefficient (Wildman–Crippen LogP) is 2.16. The van der Waals surface area contributed by atoms with Crippen molar-refractivity contribution in [2.75, 3.05) is 6.79 Å². The number of phenols is 1. The first-order valence-corrected chi connectivity index (χ1v) is 5.76. The Morgan fingerprint density at radius 2 is 2.19 bits per heavy atom. The van der Waals surface area contributed by atoms with Crippen LogP contribution < -0.4 is 15.2 Å². The Kier molecular flexibility index (Phi) is 2.75. The number of nitrogens with two attached hydrogens (primary N) is 1. The Hall–Kier alpha value is -0.940. The normalized spacial score (nSPS) is 14.2.